The summed E-state index contributed by atoms with van der Waals surface area (Å²) in [6.45, 7) is 5.53. The van der Waals surface area contributed by atoms with Crippen LogP contribution in [0.5, 0.6) is 5.88 Å². The molecule has 1 saturated heterocycles. The number of hydrogen-bond acceptors (Lipinski definition) is 4. The molecule has 2 rings (SSSR count). The highest BCUT2D eigenvalue weighted by Gasteiger charge is 2.20. The van der Waals surface area contributed by atoms with Gasteiger partial charge < -0.3 is 15.8 Å². The maximum Gasteiger partial charge on any atom is 0.254 e. The minimum Gasteiger partial charge on any atom is -0.472 e. The van der Waals surface area contributed by atoms with E-state index in [9.17, 15) is 4.79 Å². The van der Waals surface area contributed by atoms with Gasteiger partial charge in [0.05, 0.1) is 0 Å². The molecule has 0 saturated carbocycles. The number of nitrogens with zero attached hydrogens (tertiary/aromatic N) is 1. The van der Waals surface area contributed by atoms with Gasteiger partial charge in [-0.3, -0.25) is 4.79 Å². The first-order valence-electron chi connectivity index (χ1n) is 6.23. The van der Waals surface area contributed by atoms with Crippen LogP contribution >= 0.6 is 0 Å². The van der Waals surface area contributed by atoms with Crippen LogP contribution in [-0.4, -0.2) is 30.1 Å². The number of rotatable bonds is 3. The quantitative estimate of drug-likeness (QED) is 0.835. The zero-order valence-electron chi connectivity index (χ0n) is 10.8. The second kappa shape index (κ2) is 5.35. The van der Waals surface area contributed by atoms with E-state index in [1.807, 2.05) is 19.9 Å². The molecule has 1 aliphatic rings. The van der Waals surface area contributed by atoms with Gasteiger partial charge in [0.15, 0.2) is 0 Å². The summed E-state index contributed by atoms with van der Waals surface area (Å²) >= 11 is 0. The van der Waals surface area contributed by atoms with Crippen molar-refractivity contribution in [3.8, 4) is 5.88 Å². The SMILES string of the molecule is Cc1cc(C)c(C(N)=O)c(OC2CCCNC2)n1. The van der Waals surface area contributed by atoms with Crippen molar-refractivity contribution in [2.45, 2.75) is 32.8 Å². The number of primary amides is 1. The third kappa shape index (κ3) is 2.79. The third-order valence-electron chi connectivity index (χ3n) is 3.09. The molecule has 5 heteroatoms. The van der Waals surface area contributed by atoms with Crippen LogP contribution in [-0.2, 0) is 0 Å². The summed E-state index contributed by atoms with van der Waals surface area (Å²) in [5.41, 5.74) is 7.43. The van der Waals surface area contributed by atoms with Crippen LogP contribution in [0.1, 0.15) is 34.5 Å². The molecule has 0 spiro atoms. The standard InChI is InChI=1S/C13H19N3O2/c1-8-6-9(2)16-13(11(8)12(14)17)18-10-4-3-5-15-7-10/h6,10,15H,3-5,7H2,1-2H3,(H2,14,17). The summed E-state index contributed by atoms with van der Waals surface area (Å²) in [5.74, 6) is -0.118. The number of nitrogens with one attached hydrogen (secondary N) is 1. The summed E-state index contributed by atoms with van der Waals surface area (Å²) in [5, 5.41) is 3.26. The van der Waals surface area contributed by atoms with Crippen molar-refractivity contribution < 1.29 is 9.53 Å². The molecular weight excluding hydrogens is 230 g/mol. The molecule has 98 valence electrons. The Kier molecular flexibility index (Phi) is 3.81. The normalized spacial score (nSPS) is 19.6. The van der Waals surface area contributed by atoms with Gasteiger partial charge in [0.2, 0.25) is 5.88 Å². The molecule has 1 fully saturated rings. The Morgan fingerprint density at radius 2 is 2.33 bits per heavy atom. The van der Waals surface area contributed by atoms with Crippen LogP contribution in [0, 0.1) is 13.8 Å². The molecule has 2 heterocycles. The average Bonchev–Trinajstić information content (AvgIpc) is 2.28. The average molecular weight is 249 g/mol. The van der Waals surface area contributed by atoms with Gasteiger partial charge in [-0.1, -0.05) is 0 Å². The van der Waals surface area contributed by atoms with Crippen LogP contribution in [0.3, 0.4) is 0 Å². The molecule has 0 aliphatic carbocycles. The fourth-order valence-corrected chi connectivity index (χ4v) is 2.27. The lowest BCUT2D eigenvalue weighted by molar-refractivity contribution is 0.0986. The number of hydrogen-bond donors (Lipinski definition) is 2. The molecular formula is C13H19N3O2. The first-order chi connectivity index (χ1) is 8.58. The molecule has 1 aromatic heterocycles. The lowest BCUT2D eigenvalue weighted by atomic mass is 10.1. The third-order valence-corrected chi connectivity index (χ3v) is 3.09. The summed E-state index contributed by atoms with van der Waals surface area (Å²) in [7, 11) is 0. The van der Waals surface area contributed by atoms with Gasteiger partial charge in [-0.15, -0.1) is 0 Å². The number of carbonyl (C=O) groups is 1. The van der Waals surface area contributed by atoms with Gasteiger partial charge in [0.25, 0.3) is 5.91 Å². The summed E-state index contributed by atoms with van der Waals surface area (Å²) < 4.78 is 5.83. The van der Waals surface area contributed by atoms with Gasteiger partial charge >= 0.3 is 0 Å². The first kappa shape index (κ1) is 12.8. The zero-order chi connectivity index (χ0) is 13.1. The van der Waals surface area contributed by atoms with Crippen LogP contribution < -0.4 is 15.8 Å². The smallest absolute Gasteiger partial charge is 0.254 e. The second-order valence-corrected chi connectivity index (χ2v) is 4.71. The Bertz CT molecular complexity index is 454. The zero-order valence-corrected chi connectivity index (χ0v) is 10.8. The molecule has 18 heavy (non-hydrogen) atoms. The molecule has 1 amide bonds. The lowest BCUT2D eigenvalue weighted by Crippen LogP contribution is -2.37. The summed E-state index contributed by atoms with van der Waals surface area (Å²) in [4.78, 5) is 15.8. The topological polar surface area (TPSA) is 77.2 Å². The predicted molar refractivity (Wildman–Crippen MR) is 68.7 cm³/mol. The van der Waals surface area contributed by atoms with Crippen LogP contribution in [0.25, 0.3) is 0 Å². The fraction of sp³-hybridized carbons (Fsp3) is 0.538. The fourth-order valence-electron chi connectivity index (χ4n) is 2.27. The van der Waals surface area contributed by atoms with Crippen molar-refractivity contribution in [2.75, 3.05) is 13.1 Å². The minimum atomic E-state index is -0.487. The Hall–Kier alpha value is -1.62. The van der Waals surface area contributed by atoms with Crippen molar-refractivity contribution in [1.82, 2.24) is 10.3 Å². The molecule has 1 aliphatic heterocycles. The number of aryl methyl sites for hydroxylation is 2. The van der Waals surface area contributed by atoms with Crippen molar-refractivity contribution in [2.24, 2.45) is 5.73 Å². The number of piperidine rings is 1. The van der Waals surface area contributed by atoms with Gasteiger partial charge in [-0.05, 0) is 44.9 Å². The number of carbonyl (C=O) groups excluding carboxylic acids is 1. The van der Waals surface area contributed by atoms with Crippen molar-refractivity contribution in [1.29, 1.82) is 0 Å². The summed E-state index contributed by atoms with van der Waals surface area (Å²) in [6.07, 6.45) is 2.10. The number of amides is 1. The number of pyridine rings is 1. The monoisotopic (exact) mass is 249 g/mol. The minimum absolute atomic E-state index is 0.0607. The Balaban J connectivity index is 2.27. The number of nitrogens with two attached hydrogens (primary N) is 1. The Labute approximate surface area is 107 Å². The van der Waals surface area contributed by atoms with Gasteiger partial charge in [0, 0.05) is 12.2 Å². The van der Waals surface area contributed by atoms with E-state index < -0.39 is 5.91 Å². The molecule has 5 nitrogen and oxygen atoms in total. The van der Waals surface area contributed by atoms with Crippen LogP contribution in [0.2, 0.25) is 0 Å². The molecule has 0 bridgehead atoms. The van der Waals surface area contributed by atoms with E-state index >= 15 is 0 Å². The molecule has 0 aromatic carbocycles. The molecule has 1 atom stereocenters. The highest BCUT2D eigenvalue weighted by molar-refractivity contribution is 5.96. The van der Waals surface area contributed by atoms with Crippen molar-refractivity contribution in [3.63, 3.8) is 0 Å². The van der Waals surface area contributed by atoms with Crippen molar-refractivity contribution >= 4 is 5.91 Å². The van der Waals surface area contributed by atoms with E-state index in [1.165, 1.54) is 0 Å². The van der Waals surface area contributed by atoms with Gasteiger partial charge in [-0.25, -0.2) is 4.98 Å². The molecule has 3 N–H and O–H groups in total. The van der Waals surface area contributed by atoms with Crippen LogP contribution in [0.4, 0.5) is 0 Å². The van der Waals surface area contributed by atoms with Crippen LogP contribution in [0.15, 0.2) is 6.07 Å². The maximum absolute atomic E-state index is 11.5. The van der Waals surface area contributed by atoms with E-state index in [2.05, 4.69) is 10.3 Å². The largest absolute Gasteiger partial charge is 0.472 e. The van der Waals surface area contributed by atoms with E-state index in [0.717, 1.165) is 37.2 Å². The van der Waals surface area contributed by atoms with E-state index in [0.29, 0.717) is 11.4 Å². The van der Waals surface area contributed by atoms with Crippen molar-refractivity contribution in [3.05, 3.63) is 22.9 Å². The number of ether oxygens (including phenoxy) is 1. The predicted octanol–water partition coefficient (Wildman–Crippen LogP) is 0.928. The van der Waals surface area contributed by atoms with E-state index in [1.54, 1.807) is 0 Å². The summed E-state index contributed by atoms with van der Waals surface area (Å²) in [6, 6.07) is 1.84. The molecule has 0 radical (unpaired) electrons. The highest BCUT2D eigenvalue weighted by atomic mass is 16.5. The number of aromatic nitrogens is 1. The maximum atomic E-state index is 11.5. The van der Waals surface area contributed by atoms with E-state index in [-0.39, 0.29) is 6.10 Å². The van der Waals surface area contributed by atoms with E-state index in [4.69, 9.17) is 10.5 Å². The molecule has 1 aromatic rings. The Morgan fingerprint density at radius 1 is 1.56 bits per heavy atom. The highest BCUT2D eigenvalue weighted by Crippen LogP contribution is 2.22. The lowest BCUT2D eigenvalue weighted by Gasteiger charge is -2.24. The van der Waals surface area contributed by atoms with Gasteiger partial charge in [-0.2, -0.15) is 0 Å². The Morgan fingerprint density at radius 3 is 2.94 bits per heavy atom. The first-order valence-corrected chi connectivity index (χ1v) is 6.23. The second-order valence-electron chi connectivity index (χ2n) is 4.71. The van der Waals surface area contributed by atoms with Gasteiger partial charge in [0.1, 0.15) is 11.7 Å². The molecule has 1 unspecified atom stereocenters.